The fourth-order valence-electron chi connectivity index (χ4n) is 4.59. The quantitative estimate of drug-likeness (QED) is 0.914. The predicted octanol–water partition coefficient (Wildman–Crippen LogP) is 3.09. The Morgan fingerprint density at radius 2 is 2.22 bits per heavy atom. The highest BCUT2D eigenvalue weighted by molar-refractivity contribution is 5.83. The molecule has 3 fully saturated rings. The number of piperidine rings is 3. The molecule has 5 atom stereocenters. The molecule has 1 aromatic heterocycles. The molecule has 1 aromatic carbocycles. The van der Waals surface area contributed by atoms with Crippen LogP contribution in [0.5, 0.6) is 5.75 Å². The Morgan fingerprint density at radius 1 is 1.35 bits per heavy atom. The van der Waals surface area contributed by atoms with Gasteiger partial charge in [0.15, 0.2) is 0 Å². The van der Waals surface area contributed by atoms with Crippen molar-refractivity contribution in [3.8, 4) is 5.75 Å². The van der Waals surface area contributed by atoms with E-state index in [2.05, 4.69) is 16.8 Å². The molecule has 4 heteroatoms. The zero-order valence-corrected chi connectivity index (χ0v) is 13.5. The average molecular weight is 312 g/mol. The fraction of sp³-hybridized carbons (Fsp3) is 0.526. The lowest BCUT2D eigenvalue weighted by Crippen LogP contribution is -2.55. The third-order valence-electron chi connectivity index (χ3n) is 5.90. The number of benzene rings is 1. The number of hydrogen-bond donors (Lipinski definition) is 2. The van der Waals surface area contributed by atoms with Gasteiger partial charge in [-0.3, -0.25) is 9.88 Å². The van der Waals surface area contributed by atoms with Crippen LogP contribution in [0.4, 0.5) is 0 Å². The van der Waals surface area contributed by atoms with Gasteiger partial charge in [-0.25, -0.2) is 0 Å². The number of hydrogen-bond acceptors (Lipinski definition) is 4. The number of aliphatic hydroxyl groups excluding tert-OH is 1. The van der Waals surface area contributed by atoms with Gasteiger partial charge in [0.2, 0.25) is 0 Å². The molecule has 23 heavy (non-hydrogen) atoms. The molecule has 5 rings (SSSR count). The first-order valence-corrected chi connectivity index (χ1v) is 8.67. The summed E-state index contributed by atoms with van der Waals surface area (Å²) in [6.45, 7) is 4.48. The van der Waals surface area contributed by atoms with Gasteiger partial charge in [0.05, 0.1) is 11.6 Å². The normalized spacial score (nSPS) is 31.4. The standard InChI is InChI=1S/C19H24N2O2/c1-2-12-11-21-8-6-13(12)9-18(21)19(23)15-5-7-20-17-4-3-14(22)10-16(15)17/h3-5,7,10,12-13,18-19,22-23H,2,6,8-9,11H2,1H3/t12-,13-,18-,19+/m0/s1. The largest absolute Gasteiger partial charge is 0.508 e. The molecule has 3 saturated heterocycles. The average Bonchev–Trinajstić information content (AvgIpc) is 2.60. The van der Waals surface area contributed by atoms with Crippen molar-refractivity contribution in [2.75, 3.05) is 13.1 Å². The molecular formula is C19H24N2O2. The van der Waals surface area contributed by atoms with E-state index in [9.17, 15) is 10.2 Å². The zero-order valence-electron chi connectivity index (χ0n) is 13.5. The SMILES string of the molecule is CC[C@H]1CN2CC[C@H]1C[C@H]2[C@H](O)c1ccnc2ccc(O)cc12. The first-order chi connectivity index (χ1) is 11.2. The number of aromatic hydroxyl groups is 1. The van der Waals surface area contributed by atoms with Crippen molar-refractivity contribution in [1.29, 1.82) is 0 Å². The van der Waals surface area contributed by atoms with E-state index in [-0.39, 0.29) is 11.8 Å². The number of phenols is 1. The number of aromatic nitrogens is 1. The van der Waals surface area contributed by atoms with Crippen LogP contribution < -0.4 is 0 Å². The number of aliphatic hydroxyl groups is 1. The summed E-state index contributed by atoms with van der Waals surface area (Å²) in [6, 6.07) is 7.24. The summed E-state index contributed by atoms with van der Waals surface area (Å²) < 4.78 is 0. The molecule has 0 radical (unpaired) electrons. The summed E-state index contributed by atoms with van der Waals surface area (Å²) in [5.41, 5.74) is 1.71. The minimum Gasteiger partial charge on any atom is -0.508 e. The summed E-state index contributed by atoms with van der Waals surface area (Å²) >= 11 is 0. The maximum Gasteiger partial charge on any atom is 0.116 e. The van der Waals surface area contributed by atoms with Crippen LogP contribution in [-0.2, 0) is 0 Å². The molecule has 0 aliphatic carbocycles. The fourth-order valence-corrected chi connectivity index (χ4v) is 4.59. The lowest BCUT2D eigenvalue weighted by molar-refractivity contribution is -0.0562. The summed E-state index contributed by atoms with van der Waals surface area (Å²) in [5, 5.41) is 21.7. The van der Waals surface area contributed by atoms with E-state index < -0.39 is 6.10 Å². The molecule has 2 aromatic rings. The maximum absolute atomic E-state index is 11.1. The van der Waals surface area contributed by atoms with E-state index in [0.29, 0.717) is 0 Å². The summed E-state index contributed by atoms with van der Waals surface area (Å²) in [7, 11) is 0. The molecule has 4 nitrogen and oxygen atoms in total. The van der Waals surface area contributed by atoms with E-state index in [1.54, 1.807) is 24.4 Å². The predicted molar refractivity (Wildman–Crippen MR) is 90.2 cm³/mol. The van der Waals surface area contributed by atoms with Gasteiger partial charge in [-0.15, -0.1) is 0 Å². The van der Waals surface area contributed by atoms with Crippen LogP contribution in [0.3, 0.4) is 0 Å². The minimum atomic E-state index is -0.525. The third-order valence-corrected chi connectivity index (χ3v) is 5.90. The molecule has 1 unspecified atom stereocenters. The highest BCUT2D eigenvalue weighted by Crippen LogP contribution is 2.42. The Labute approximate surface area is 136 Å². The van der Waals surface area contributed by atoms with Crippen LogP contribution in [0.25, 0.3) is 10.9 Å². The van der Waals surface area contributed by atoms with Gasteiger partial charge in [0.25, 0.3) is 0 Å². The Kier molecular flexibility index (Phi) is 3.74. The smallest absolute Gasteiger partial charge is 0.116 e. The Hall–Kier alpha value is -1.65. The van der Waals surface area contributed by atoms with Gasteiger partial charge in [-0.1, -0.05) is 13.3 Å². The molecule has 3 aliphatic heterocycles. The minimum absolute atomic E-state index is 0.185. The van der Waals surface area contributed by atoms with Crippen molar-refractivity contribution in [2.45, 2.75) is 38.3 Å². The van der Waals surface area contributed by atoms with Crippen molar-refractivity contribution < 1.29 is 10.2 Å². The van der Waals surface area contributed by atoms with E-state index in [0.717, 1.165) is 47.8 Å². The summed E-state index contributed by atoms with van der Waals surface area (Å²) in [6.07, 6.45) is 4.80. The van der Waals surface area contributed by atoms with Gasteiger partial charge in [-0.05, 0) is 61.1 Å². The molecule has 2 N–H and O–H groups in total. The number of nitrogens with zero attached hydrogens (tertiary/aromatic N) is 2. The topological polar surface area (TPSA) is 56.6 Å². The number of fused-ring (bicyclic) bond motifs is 4. The van der Waals surface area contributed by atoms with Crippen molar-refractivity contribution >= 4 is 10.9 Å². The van der Waals surface area contributed by atoms with Crippen molar-refractivity contribution in [3.05, 3.63) is 36.0 Å². The van der Waals surface area contributed by atoms with Crippen molar-refractivity contribution in [2.24, 2.45) is 11.8 Å². The van der Waals surface area contributed by atoms with E-state index >= 15 is 0 Å². The second-order valence-electron chi connectivity index (χ2n) is 7.06. The van der Waals surface area contributed by atoms with Crippen LogP contribution in [0.1, 0.15) is 37.9 Å². The highest BCUT2D eigenvalue weighted by Gasteiger charge is 2.42. The number of rotatable bonds is 3. The second kappa shape index (κ2) is 5.77. The van der Waals surface area contributed by atoms with E-state index in [4.69, 9.17) is 0 Å². The van der Waals surface area contributed by atoms with Crippen LogP contribution in [-0.4, -0.2) is 39.2 Å². The molecule has 0 spiro atoms. The second-order valence-corrected chi connectivity index (χ2v) is 7.06. The Bertz CT molecular complexity index is 718. The molecule has 3 aliphatic rings. The van der Waals surface area contributed by atoms with Crippen molar-refractivity contribution in [1.82, 2.24) is 9.88 Å². The third kappa shape index (κ3) is 2.50. The lowest BCUT2D eigenvalue weighted by Gasteiger charge is -2.51. The Balaban J connectivity index is 1.68. The molecule has 2 bridgehead atoms. The van der Waals surface area contributed by atoms with Gasteiger partial charge in [0.1, 0.15) is 5.75 Å². The van der Waals surface area contributed by atoms with Crippen molar-refractivity contribution in [3.63, 3.8) is 0 Å². The van der Waals surface area contributed by atoms with E-state index in [1.165, 1.54) is 12.8 Å². The first kappa shape index (κ1) is 14.9. The summed E-state index contributed by atoms with van der Waals surface area (Å²) in [5.74, 6) is 1.74. The maximum atomic E-state index is 11.1. The number of pyridine rings is 1. The highest BCUT2D eigenvalue weighted by atomic mass is 16.3. The van der Waals surface area contributed by atoms with Crippen LogP contribution in [0, 0.1) is 11.8 Å². The molecule has 0 saturated carbocycles. The van der Waals surface area contributed by atoms with E-state index in [1.807, 2.05) is 6.07 Å². The van der Waals surface area contributed by atoms with Gasteiger partial charge >= 0.3 is 0 Å². The lowest BCUT2D eigenvalue weighted by atomic mass is 9.72. The van der Waals surface area contributed by atoms with Gasteiger partial charge < -0.3 is 10.2 Å². The van der Waals surface area contributed by atoms with Crippen LogP contribution >= 0.6 is 0 Å². The van der Waals surface area contributed by atoms with Crippen LogP contribution in [0.15, 0.2) is 30.5 Å². The summed E-state index contributed by atoms with van der Waals surface area (Å²) in [4.78, 5) is 6.81. The molecular weight excluding hydrogens is 288 g/mol. The van der Waals surface area contributed by atoms with Crippen LogP contribution in [0.2, 0.25) is 0 Å². The molecule has 0 amide bonds. The first-order valence-electron chi connectivity index (χ1n) is 8.67. The monoisotopic (exact) mass is 312 g/mol. The Morgan fingerprint density at radius 3 is 2.96 bits per heavy atom. The zero-order chi connectivity index (χ0) is 16.0. The molecule has 122 valence electrons. The number of phenolic OH excluding ortho intramolecular Hbond substituents is 1. The molecule has 4 heterocycles. The van der Waals surface area contributed by atoms with Gasteiger partial charge in [0, 0.05) is 24.2 Å². The van der Waals surface area contributed by atoms with Gasteiger partial charge in [-0.2, -0.15) is 0 Å².